The largest absolute Gasteiger partial charge is 0.483 e. The number of allylic oxidation sites excluding steroid dienone is 1. The molecule has 2 aliphatic rings. The maximum absolute atomic E-state index is 9.58. The van der Waals surface area contributed by atoms with Crippen molar-refractivity contribution in [2.24, 2.45) is 5.92 Å². The second-order valence-electron chi connectivity index (χ2n) is 6.54. The summed E-state index contributed by atoms with van der Waals surface area (Å²) in [5, 5.41) is 9.58. The maximum atomic E-state index is 9.58. The van der Waals surface area contributed by atoms with Crippen LogP contribution in [0.1, 0.15) is 51.2 Å². The molecule has 102 valence electrons. The van der Waals surface area contributed by atoms with Gasteiger partial charge in [-0.05, 0) is 62.3 Å². The van der Waals surface area contributed by atoms with Crippen LogP contribution in [0.3, 0.4) is 0 Å². The zero-order valence-electron chi connectivity index (χ0n) is 12.1. The molecule has 0 saturated heterocycles. The molecule has 0 spiro atoms. The Morgan fingerprint density at radius 1 is 1.37 bits per heavy atom. The minimum Gasteiger partial charge on any atom is -0.483 e. The molecule has 0 aromatic heterocycles. The Morgan fingerprint density at radius 3 is 2.68 bits per heavy atom. The number of ether oxygens (including phenoxy) is 1. The number of fused-ring (bicyclic) bond motifs is 1. The minimum atomic E-state index is -0.238. The van der Waals surface area contributed by atoms with E-state index in [9.17, 15) is 5.11 Å². The summed E-state index contributed by atoms with van der Waals surface area (Å²) in [6, 6.07) is 6.48. The van der Waals surface area contributed by atoms with Crippen molar-refractivity contribution in [1.82, 2.24) is 0 Å². The van der Waals surface area contributed by atoms with Crippen molar-refractivity contribution in [2.75, 3.05) is 0 Å². The van der Waals surface area contributed by atoms with E-state index in [1.165, 1.54) is 16.7 Å². The third-order valence-electron chi connectivity index (χ3n) is 4.34. The van der Waals surface area contributed by atoms with Gasteiger partial charge in [0.15, 0.2) is 0 Å². The molecule has 1 aliphatic carbocycles. The summed E-state index contributed by atoms with van der Waals surface area (Å²) in [4.78, 5) is 0. The Kier molecular flexibility index (Phi) is 2.75. The van der Waals surface area contributed by atoms with Crippen LogP contribution in [0, 0.1) is 5.92 Å². The van der Waals surface area contributed by atoms with Crippen LogP contribution < -0.4 is 4.74 Å². The second-order valence-corrected chi connectivity index (χ2v) is 6.54. The van der Waals surface area contributed by atoms with E-state index in [1.807, 2.05) is 0 Å². The lowest BCUT2D eigenvalue weighted by Crippen LogP contribution is -2.28. The number of benzene rings is 1. The van der Waals surface area contributed by atoms with Crippen molar-refractivity contribution < 1.29 is 9.84 Å². The number of rotatable bonds is 2. The van der Waals surface area contributed by atoms with Crippen LogP contribution in [-0.2, 0) is 0 Å². The molecule has 2 unspecified atom stereocenters. The standard InChI is InChI=1S/C17H22O2/c1-10-9-17(3,4)19-16-7-12(5-6-13(10)16)11(2)14-8-15(14)18/h5-7,9,11,14-15,18H,8H2,1-4H3/t11?,14?,15-/m0/s1. The molecule has 1 aliphatic heterocycles. The van der Waals surface area contributed by atoms with E-state index < -0.39 is 0 Å². The highest BCUT2D eigenvalue weighted by Gasteiger charge is 2.40. The summed E-state index contributed by atoms with van der Waals surface area (Å²) in [6.45, 7) is 8.50. The predicted molar refractivity (Wildman–Crippen MR) is 77.3 cm³/mol. The Balaban J connectivity index is 1.94. The Labute approximate surface area is 115 Å². The quantitative estimate of drug-likeness (QED) is 0.875. The summed E-state index contributed by atoms with van der Waals surface area (Å²) in [5.41, 5.74) is 3.49. The zero-order valence-corrected chi connectivity index (χ0v) is 12.1. The highest BCUT2D eigenvalue weighted by molar-refractivity contribution is 5.72. The summed E-state index contributed by atoms with van der Waals surface area (Å²) >= 11 is 0. The molecule has 0 amide bonds. The average molecular weight is 258 g/mol. The lowest BCUT2D eigenvalue weighted by atomic mass is 9.90. The molecule has 1 N–H and O–H groups in total. The summed E-state index contributed by atoms with van der Waals surface area (Å²) < 4.78 is 6.07. The fraction of sp³-hybridized carbons (Fsp3) is 0.529. The summed E-state index contributed by atoms with van der Waals surface area (Å²) in [7, 11) is 0. The zero-order chi connectivity index (χ0) is 13.8. The molecular weight excluding hydrogens is 236 g/mol. The molecular formula is C17H22O2. The first-order valence-corrected chi connectivity index (χ1v) is 7.08. The minimum absolute atomic E-state index is 0.106. The van der Waals surface area contributed by atoms with Crippen LogP contribution in [-0.4, -0.2) is 16.8 Å². The van der Waals surface area contributed by atoms with Crippen LogP contribution in [0.25, 0.3) is 5.57 Å². The molecule has 19 heavy (non-hydrogen) atoms. The van der Waals surface area contributed by atoms with Crippen molar-refractivity contribution in [3.63, 3.8) is 0 Å². The van der Waals surface area contributed by atoms with Gasteiger partial charge < -0.3 is 9.84 Å². The van der Waals surface area contributed by atoms with Gasteiger partial charge >= 0.3 is 0 Å². The first kappa shape index (κ1) is 12.7. The van der Waals surface area contributed by atoms with Crippen molar-refractivity contribution in [2.45, 2.75) is 51.7 Å². The number of aliphatic hydroxyl groups excluding tert-OH is 1. The fourth-order valence-electron chi connectivity index (χ4n) is 3.13. The second kappa shape index (κ2) is 4.11. The highest BCUT2D eigenvalue weighted by atomic mass is 16.5. The number of hydrogen-bond acceptors (Lipinski definition) is 2. The van der Waals surface area contributed by atoms with Crippen LogP contribution in [0.5, 0.6) is 5.75 Å². The third-order valence-corrected chi connectivity index (χ3v) is 4.34. The SMILES string of the molecule is CC1=CC(C)(C)Oc2cc(C(C)C3C[C@@H]3O)ccc21. The van der Waals surface area contributed by atoms with Crippen LogP contribution in [0.15, 0.2) is 24.3 Å². The Morgan fingerprint density at radius 2 is 2.05 bits per heavy atom. The summed E-state index contributed by atoms with van der Waals surface area (Å²) in [5.74, 6) is 1.80. The Bertz CT molecular complexity index is 542. The first-order valence-electron chi connectivity index (χ1n) is 7.08. The van der Waals surface area contributed by atoms with Crippen molar-refractivity contribution in [3.05, 3.63) is 35.4 Å². The van der Waals surface area contributed by atoms with Gasteiger partial charge in [0.25, 0.3) is 0 Å². The lowest BCUT2D eigenvalue weighted by molar-refractivity contribution is 0.157. The van der Waals surface area contributed by atoms with Crippen molar-refractivity contribution in [1.29, 1.82) is 0 Å². The van der Waals surface area contributed by atoms with E-state index >= 15 is 0 Å². The summed E-state index contributed by atoms with van der Waals surface area (Å²) in [6.07, 6.45) is 3.00. The lowest BCUT2D eigenvalue weighted by Gasteiger charge is -2.31. The van der Waals surface area contributed by atoms with Gasteiger partial charge in [0.05, 0.1) is 6.10 Å². The average Bonchev–Trinajstić information content (AvgIpc) is 3.03. The molecule has 1 heterocycles. The molecule has 1 fully saturated rings. The van der Waals surface area contributed by atoms with Crippen LogP contribution in [0.2, 0.25) is 0 Å². The van der Waals surface area contributed by atoms with Crippen molar-refractivity contribution >= 4 is 5.57 Å². The van der Waals surface area contributed by atoms with E-state index in [-0.39, 0.29) is 11.7 Å². The molecule has 1 aromatic carbocycles. The fourth-order valence-corrected chi connectivity index (χ4v) is 3.13. The molecule has 0 radical (unpaired) electrons. The van der Waals surface area contributed by atoms with Gasteiger partial charge in [-0.25, -0.2) is 0 Å². The molecule has 3 rings (SSSR count). The van der Waals surface area contributed by atoms with Crippen molar-refractivity contribution in [3.8, 4) is 5.75 Å². The van der Waals surface area contributed by atoms with Gasteiger partial charge in [-0.15, -0.1) is 0 Å². The smallest absolute Gasteiger partial charge is 0.128 e. The maximum Gasteiger partial charge on any atom is 0.128 e. The van der Waals surface area contributed by atoms with Gasteiger partial charge in [0.2, 0.25) is 0 Å². The van der Waals surface area contributed by atoms with Gasteiger partial charge in [0.1, 0.15) is 11.4 Å². The number of hydrogen-bond donors (Lipinski definition) is 1. The molecule has 1 aromatic rings. The normalized spacial score (nSPS) is 29.0. The van der Waals surface area contributed by atoms with Crippen LogP contribution in [0.4, 0.5) is 0 Å². The van der Waals surface area contributed by atoms with E-state index in [1.54, 1.807) is 0 Å². The van der Waals surface area contributed by atoms with E-state index in [0.29, 0.717) is 11.8 Å². The third kappa shape index (κ3) is 2.30. The molecule has 3 atom stereocenters. The van der Waals surface area contributed by atoms with Crippen LogP contribution >= 0.6 is 0 Å². The molecule has 2 nitrogen and oxygen atoms in total. The van der Waals surface area contributed by atoms with Gasteiger partial charge in [-0.2, -0.15) is 0 Å². The predicted octanol–water partition coefficient (Wildman–Crippen LogP) is 3.75. The van der Waals surface area contributed by atoms with E-state index in [2.05, 4.69) is 52.0 Å². The van der Waals surface area contributed by atoms with E-state index in [0.717, 1.165) is 12.2 Å². The van der Waals surface area contributed by atoms with Gasteiger partial charge in [0, 0.05) is 5.56 Å². The highest BCUT2D eigenvalue weighted by Crippen LogP contribution is 2.45. The van der Waals surface area contributed by atoms with E-state index in [4.69, 9.17) is 4.74 Å². The first-order chi connectivity index (χ1) is 8.87. The molecule has 0 bridgehead atoms. The monoisotopic (exact) mass is 258 g/mol. The number of aliphatic hydroxyl groups is 1. The topological polar surface area (TPSA) is 29.5 Å². The van der Waals surface area contributed by atoms with Gasteiger partial charge in [-0.1, -0.05) is 19.1 Å². The molecule has 1 saturated carbocycles. The van der Waals surface area contributed by atoms with Gasteiger partial charge in [-0.3, -0.25) is 0 Å². The Hall–Kier alpha value is -1.28. The molecule has 2 heteroatoms.